The molecule has 1 aromatic carbocycles. The minimum absolute atomic E-state index is 0.129. The Bertz CT molecular complexity index is 944. The highest BCUT2D eigenvalue weighted by Crippen LogP contribution is 2.23. The Morgan fingerprint density at radius 1 is 1.32 bits per heavy atom. The van der Waals surface area contributed by atoms with E-state index in [1.54, 1.807) is 24.3 Å². The number of rotatable bonds is 8. The number of amides is 1. The van der Waals surface area contributed by atoms with Crippen LogP contribution in [-0.2, 0) is 11.3 Å². The summed E-state index contributed by atoms with van der Waals surface area (Å²) in [5, 5.41) is 21.9. The molecule has 1 atom stereocenters. The van der Waals surface area contributed by atoms with Crippen LogP contribution in [0.1, 0.15) is 31.7 Å². The van der Waals surface area contributed by atoms with E-state index in [0.717, 1.165) is 17.8 Å². The molecule has 1 N–H and O–H groups in total. The first-order valence-corrected chi connectivity index (χ1v) is 9.90. The molecule has 0 radical (unpaired) electrons. The summed E-state index contributed by atoms with van der Waals surface area (Å²) in [4.78, 5) is 15.6. The first-order chi connectivity index (χ1) is 13.6. The Hall–Kier alpha value is -3.02. The first kappa shape index (κ1) is 19.7. The summed E-state index contributed by atoms with van der Waals surface area (Å²) in [7, 11) is 0. The van der Waals surface area contributed by atoms with Crippen LogP contribution in [0.5, 0.6) is 0 Å². The van der Waals surface area contributed by atoms with Gasteiger partial charge in [0.1, 0.15) is 0 Å². The number of nitrogens with one attached hydrogen (secondary N) is 1. The van der Waals surface area contributed by atoms with Crippen molar-refractivity contribution in [3.05, 3.63) is 53.2 Å². The maximum atomic E-state index is 12.7. The van der Waals surface area contributed by atoms with Gasteiger partial charge in [0.25, 0.3) is 5.89 Å². The number of benzene rings is 1. The van der Waals surface area contributed by atoms with Gasteiger partial charge in [-0.2, -0.15) is 5.26 Å². The van der Waals surface area contributed by atoms with Gasteiger partial charge in [0.05, 0.1) is 29.1 Å². The largest absolute Gasteiger partial charge is 0.419 e. The molecule has 1 amide bonds. The third kappa shape index (κ3) is 4.82. The molecule has 8 heteroatoms. The van der Waals surface area contributed by atoms with Crippen LogP contribution in [0, 0.1) is 11.3 Å². The molecule has 0 aliphatic carbocycles. The number of nitriles is 1. The number of nitrogens with zero attached hydrogens (tertiary/aromatic N) is 4. The van der Waals surface area contributed by atoms with Crippen LogP contribution < -0.4 is 5.32 Å². The third-order valence-corrected chi connectivity index (χ3v) is 5.11. The van der Waals surface area contributed by atoms with Crippen LogP contribution in [0.4, 0.5) is 5.69 Å². The molecule has 28 heavy (non-hydrogen) atoms. The second-order valence-corrected chi connectivity index (χ2v) is 7.25. The molecule has 0 saturated carbocycles. The van der Waals surface area contributed by atoms with Gasteiger partial charge < -0.3 is 9.73 Å². The van der Waals surface area contributed by atoms with E-state index >= 15 is 0 Å². The van der Waals surface area contributed by atoms with Crippen LogP contribution in [0.3, 0.4) is 0 Å². The van der Waals surface area contributed by atoms with E-state index in [0.29, 0.717) is 29.6 Å². The maximum Gasteiger partial charge on any atom is 0.257 e. The van der Waals surface area contributed by atoms with Gasteiger partial charge in [-0.1, -0.05) is 13.0 Å². The number of aromatic nitrogens is 2. The molecule has 0 bridgehead atoms. The highest BCUT2D eigenvalue weighted by Gasteiger charge is 2.23. The Labute approximate surface area is 167 Å². The Morgan fingerprint density at radius 3 is 2.75 bits per heavy atom. The molecule has 0 fully saturated rings. The average molecular weight is 395 g/mol. The van der Waals surface area contributed by atoms with Crippen molar-refractivity contribution in [2.45, 2.75) is 32.9 Å². The van der Waals surface area contributed by atoms with E-state index in [-0.39, 0.29) is 11.9 Å². The van der Waals surface area contributed by atoms with Crippen molar-refractivity contribution in [1.29, 1.82) is 5.26 Å². The van der Waals surface area contributed by atoms with Gasteiger partial charge >= 0.3 is 0 Å². The van der Waals surface area contributed by atoms with Gasteiger partial charge in [-0.3, -0.25) is 9.69 Å². The molecule has 0 saturated heterocycles. The average Bonchev–Trinajstić information content (AvgIpc) is 3.39. The van der Waals surface area contributed by atoms with Crippen molar-refractivity contribution >= 4 is 22.9 Å². The van der Waals surface area contributed by atoms with Crippen molar-refractivity contribution < 1.29 is 9.21 Å². The van der Waals surface area contributed by atoms with Crippen LogP contribution >= 0.6 is 11.3 Å². The summed E-state index contributed by atoms with van der Waals surface area (Å²) in [6.45, 7) is 5.03. The van der Waals surface area contributed by atoms with E-state index in [9.17, 15) is 4.79 Å². The SMILES string of the molecule is CCCN(Cc1nnc(-c2cccs2)o1)[C@H](C)C(=O)Nc1ccc(C#N)cc1. The first-order valence-electron chi connectivity index (χ1n) is 9.02. The lowest BCUT2D eigenvalue weighted by Crippen LogP contribution is -2.42. The van der Waals surface area contributed by atoms with Gasteiger partial charge in [0, 0.05) is 5.69 Å². The lowest BCUT2D eigenvalue weighted by atomic mass is 10.2. The molecule has 144 valence electrons. The molecule has 0 unspecified atom stereocenters. The smallest absolute Gasteiger partial charge is 0.257 e. The van der Waals surface area contributed by atoms with E-state index in [4.69, 9.17) is 9.68 Å². The van der Waals surface area contributed by atoms with Crippen LogP contribution in [0.15, 0.2) is 46.2 Å². The van der Waals surface area contributed by atoms with E-state index in [1.165, 1.54) is 11.3 Å². The van der Waals surface area contributed by atoms with E-state index in [1.807, 2.05) is 29.3 Å². The van der Waals surface area contributed by atoms with Crippen molar-refractivity contribution in [1.82, 2.24) is 15.1 Å². The quantitative estimate of drug-likeness (QED) is 0.621. The fourth-order valence-corrected chi connectivity index (χ4v) is 3.37. The Kier molecular flexibility index (Phi) is 6.53. The number of anilines is 1. The molecule has 0 aliphatic heterocycles. The number of hydrogen-bond donors (Lipinski definition) is 1. The maximum absolute atomic E-state index is 12.7. The van der Waals surface area contributed by atoms with E-state index in [2.05, 4.69) is 28.5 Å². The predicted octanol–water partition coefficient (Wildman–Crippen LogP) is 3.91. The molecule has 2 heterocycles. The molecular formula is C20H21N5O2S. The molecule has 0 spiro atoms. The highest BCUT2D eigenvalue weighted by molar-refractivity contribution is 7.13. The van der Waals surface area contributed by atoms with Gasteiger partial charge in [-0.25, -0.2) is 0 Å². The third-order valence-electron chi connectivity index (χ3n) is 4.26. The normalized spacial score (nSPS) is 11.9. The van der Waals surface area contributed by atoms with Gasteiger partial charge in [-0.15, -0.1) is 21.5 Å². The fraction of sp³-hybridized carbons (Fsp3) is 0.300. The summed E-state index contributed by atoms with van der Waals surface area (Å²) in [5.41, 5.74) is 1.21. The summed E-state index contributed by atoms with van der Waals surface area (Å²) in [5.74, 6) is 0.849. The van der Waals surface area contributed by atoms with Gasteiger partial charge in [0.2, 0.25) is 11.8 Å². The van der Waals surface area contributed by atoms with Crippen molar-refractivity contribution in [3.8, 4) is 16.8 Å². The second kappa shape index (κ2) is 9.26. The molecule has 7 nitrogen and oxygen atoms in total. The Morgan fingerprint density at radius 2 is 2.11 bits per heavy atom. The highest BCUT2D eigenvalue weighted by atomic mass is 32.1. The van der Waals surface area contributed by atoms with Crippen LogP contribution in [0.2, 0.25) is 0 Å². The number of thiophene rings is 1. The minimum atomic E-state index is -0.382. The number of hydrogen-bond acceptors (Lipinski definition) is 7. The zero-order valence-electron chi connectivity index (χ0n) is 15.8. The predicted molar refractivity (Wildman–Crippen MR) is 108 cm³/mol. The minimum Gasteiger partial charge on any atom is -0.419 e. The summed E-state index contributed by atoms with van der Waals surface area (Å²) in [6, 6.07) is 12.3. The van der Waals surface area contributed by atoms with Gasteiger partial charge in [0.15, 0.2) is 0 Å². The van der Waals surface area contributed by atoms with Gasteiger partial charge in [-0.05, 0) is 55.6 Å². The Balaban J connectivity index is 1.66. The molecule has 2 aromatic heterocycles. The standard InChI is InChI=1S/C20H21N5O2S/c1-3-10-25(13-18-23-24-20(27-18)17-5-4-11-28-17)14(2)19(26)22-16-8-6-15(12-21)7-9-16/h4-9,11,14H,3,10,13H2,1-2H3,(H,22,26)/t14-/m1/s1. The lowest BCUT2D eigenvalue weighted by molar-refractivity contribution is -0.121. The molecular weight excluding hydrogens is 374 g/mol. The van der Waals surface area contributed by atoms with Crippen LogP contribution in [-0.4, -0.2) is 33.6 Å². The van der Waals surface area contributed by atoms with Crippen molar-refractivity contribution in [3.63, 3.8) is 0 Å². The lowest BCUT2D eigenvalue weighted by Gasteiger charge is -2.26. The van der Waals surface area contributed by atoms with E-state index < -0.39 is 0 Å². The van der Waals surface area contributed by atoms with Crippen LogP contribution in [0.25, 0.3) is 10.8 Å². The summed E-state index contributed by atoms with van der Waals surface area (Å²) >= 11 is 1.54. The molecule has 3 aromatic rings. The summed E-state index contributed by atoms with van der Waals surface area (Å²) < 4.78 is 5.76. The monoisotopic (exact) mass is 395 g/mol. The number of carbonyl (C=O) groups is 1. The van der Waals surface area contributed by atoms with Crippen molar-refractivity contribution in [2.24, 2.45) is 0 Å². The summed E-state index contributed by atoms with van der Waals surface area (Å²) in [6.07, 6.45) is 0.889. The second-order valence-electron chi connectivity index (χ2n) is 6.30. The molecule has 3 rings (SSSR count). The number of carbonyl (C=O) groups excluding carboxylic acids is 1. The fourth-order valence-electron chi connectivity index (χ4n) is 2.73. The molecule has 0 aliphatic rings. The van der Waals surface area contributed by atoms with Crippen molar-refractivity contribution in [2.75, 3.05) is 11.9 Å². The zero-order valence-corrected chi connectivity index (χ0v) is 16.6. The zero-order chi connectivity index (χ0) is 19.9. The topological polar surface area (TPSA) is 95.1 Å².